The zero-order valence-corrected chi connectivity index (χ0v) is 13.9. The molecule has 1 saturated heterocycles. The van der Waals surface area contributed by atoms with Crippen LogP contribution in [0.1, 0.15) is 24.0 Å². The molecular formula is C17H27ClN2O. The highest BCUT2D eigenvalue weighted by molar-refractivity contribution is 5.85. The molecule has 2 N–H and O–H groups in total. The van der Waals surface area contributed by atoms with Crippen LogP contribution in [0.15, 0.2) is 18.2 Å². The average Bonchev–Trinajstić information content (AvgIpc) is 2.96. The molecule has 0 amide bonds. The highest BCUT2D eigenvalue weighted by Gasteiger charge is 2.40. The van der Waals surface area contributed by atoms with Crippen molar-refractivity contribution in [2.75, 3.05) is 26.2 Å². The van der Waals surface area contributed by atoms with Crippen molar-refractivity contribution >= 4 is 12.4 Å². The van der Waals surface area contributed by atoms with Crippen molar-refractivity contribution in [3.05, 3.63) is 29.3 Å². The Hall–Kier alpha value is -0.770. The molecular weight excluding hydrogens is 284 g/mol. The SMILES string of the molecule is Cc1ccc(C)c(OCCN2CC3CCC(N)C3C2)c1.Cl. The number of hydrogen-bond acceptors (Lipinski definition) is 3. The molecule has 3 atom stereocenters. The summed E-state index contributed by atoms with van der Waals surface area (Å²) in [5.74, 6) is 2.60. The Labute approximate surface area is 134 Å². The van der Waals surface area contributed by atoms with E-state index in [1.54, 1.807) is 0 Å². The van der Waals surface area contributed by atoms with E-state index in [4.69, 9.17) is 10.5 Å². The number of ether oxygens (including phenoxy) is 1. The molecule has 3 rings (SSSR count). The zero-order chi connectivity index (χ0) is 14.1. The summed E-state index contributed by atoms with van der Waals surface area (Å²) < 4.78 is 5.96. The summed E-state index contributed by atoms with van der Waals surface area (Å²) in [4.78, 5) is 2.53. The van der Waals surface area contributed by atoms with Crippen LogP contribution in [0.25, 0.3) is 0 Å². The minimum Gasteiger partial charge on any atom is -0.492 e. The summed E-state index contributed by atoms with van der Waals surface area (Å²) in [6.07, 6.45) is 2.54. The Morgan fingerprint density at radius 3 is 2.81 bits per heavy atom. The monoisotopic (exact) mass is 310 g/mol. The maximum absolute atomic E-state index is 6.18. The smallest absolute Gasteiger partial charge is 0.122 e. The van der Waals surface area contributed by atoms with Gasteiger partial charge in [-0.15, -0.1) is 12.4 Å². The number of rotatable bonds is 4. The van der Waals surface area contributed by atoms with Crippen LogP contribution in [0.2, 0.25) is 0 Å². The third kappa shape index (κ3) is 3.71. The first-order valence-corrected chi connectivity index (χ1v) is 7.81. The van der Waals surface area contributed by atoms with Crippen LogP contribution in [0.4, 0.5) is 0 Å². The van der Waals surface area contributed by atoms with Gasteiger partial charge in [0.1, 0.15) is 12.4 Å². The van der Waals surface area contributed by atoms with E-state index in [0.29, 0.717) is 6.04 Å². The maximum atomic E-state index is 6.18. The fourth-order valence-electron chi connectivity index (χ4n) is 3.73. The molecule has 2 aliphatic rings. The summed E-state index contributed by atoms with van der Waals surface area (Å²) in [5.41, 5.74) is 8.66. The third-order valence-corrected chi connectivity index (χ3v) is 5.00. The number of benzene rings is 1. The van der Waals surface area contributed by atoms with Crippen LogP contribution >= 0.6 is 12.4 Å². The van der Waals surface area contributed by atoms with Gasteiger partial charge in [-0.05, 0) is 55.7 Å². The number of aryl methyl sites for hydroxylation is 2. The molecule has 1 saturated carbocycles. The van der Waals surface area contributed by atoms with E-state index < -0.39 is 0 Å². The maximum Gasteiger partial charge on any atom is 0.122 e. The molecule has 1 heterocycles. The zero-order valence-electron chi connectivity index (χ0n) is 13.0. The second-order valence-electron chi connectivity index (χ2n) is 6.54. The molecule has 2 fully saturated rings. The summed E-state index contributed by atoms with van der Waals surface area (Å²) in [6.45, 7) is 8.39. The van der Waals surface area contributed by atoms with Crippen LogP contribution in [-0.4, -0.2) is 37.2 Å². The van der Waals surface area contributed by atoms with Gasteiger partial charge in [0.2, 0.25) is 0 Å². The summed E-state index contributed by atoms with van der Waals surface area (Å²) in [7, 11) is 0. The van der Waals surface area contributed by atoms with Crippen LogP contribution in [0.5, 0.6) is 5.75 Å². The number of nitrogens with zero attached hydrogens (tertiary/aromatic N) is 1. The quantitative estimate of drug-likeness (QED) is 0.929. The van der Waals surface area contributed by atoms with Gasteiger partial charge >= 0.3 is 0 Å². The fraction of sp³-hybridized carbons (Fsp3) is 0.647. The summed E-state index contributed by atoms with van der Waals surface area (Å²) >= 11 is 0. The van der Waals surface area contributed by atoms with Gasteiger partial charge in [-0.25, -0.2) is 0 Å². The van der Waals surface area contributed by atoms with Gasteiger partial charge < -0.3 is 10.5 Å². The van der Waals surface area contributed by atoms with Crippen molar-refractivity contribution in [2.45, 2.75) is 32.7 Å². The lowest BCUT2D eigenvalue weighted by Crippen LogP contribution is -2.32. The van der Waals surface area contributed by atoms with Crippen LogP contribution in [-0.2, 0) is 0 Å². The van der Waals surface area contributed by atoms with Crippen molar-refractivity contribution in [3.8, 4) is 5.75 Å². The number of likely N-dealkylation sites (tertiary alicyclic amines) is 1. The van der Waals surface area contributed by atoms with Gasteiger partial charge in [0, 0.05) is 25.7 Å². The van der Waals surface area contributed by atoms with Crippen molar-refractivity contribution in [3.63, 3.8) is 0 Å². The van der Waals surface area contributed by atoms with Gasteiger partial charge in [0.15, 0.2) is 0 Å². The van der Waals surface area contributed by atoms with E-state index in [1.165, 1.54) is 37.1 Å². The molecule has 0 radical (unpaired) electrons. The van der Waals surface area contributed by atoms with E-state index in [-0.39, 0.29) is 12.4 Å². The molecule has 1 aliphatic carbocycles. The highest BCUT2D eigenvalue weighted by Crippen LogP contribution is 2.36. The van der Waals surface area contributed by atoms with Gasteiger partial charge in [-0.1, -0.05) is 12.1 Å². The molecule has 3 nitrogen and oxygen atoms in total. The van der Waals surface area contributed by atoms with Crippen LogP contribution < -0.4 is 10.5 Å². The number of halogens is 1. The third-order valence-electron chi connectivity index (χ3n) is 5.00. The largest absolute Gasteiger partial charge is 0.492 e. The van der Waals surface area contributed by atoms with Crippen LogP contribution in [0, 0.1) is 25.7 Å². The Morgan fingerprint density at radius 2 is 2.05 bits per heavy atom. The van der Waals surface area contributed by atoms with Crippen molar-refractivity contribution in [1.82, 2.24) is 4.90 Å². The van der Waals surface area contributed by atoms with Crippen molar-refractivity contribution in [2.24, 2.45) is 17.6 Å². The second kappa shape index (κ2) is 6.99. The van der Waals surface area contributed by atoms with Gasteiger partial charge in [-0.2, -0.15) is 0 Å². The Kier molecular flexibility index (Phi) is 5.53. The number of nitrogens with two attached hydrogens (primary N) is 1. The molecule has 0 bridgehead atoms. The highest BCUT2D eigenvalue weighted by atomic mass is 35.5. The molecule has 0 spiro atoms. The van der Waals surface area contributed by atoms with E-state index >= 15 is 0 Å². The lowest BCUT2D eigenvalue weighted by atomic mass is 9.98. The van der Waals surface area contributed by atoms with Crippen molar-refractivity contribution < 1.29 is 4.74 Å². The molecule has 1 aliphatic heterocycles. The first kappa shape index (κ1) is 16.6. The Morgan fingerprint density at radius 1 is 1.24 bits per heavy atom. The number of fused-ring (bicyclic) bond motifs is 1. The predicted octanol–water partition coefficient (Wildman–Crippen LogP) is 2.77. The standard InChI is InChI=1S/C17H26N2O.ClH/c1-12-3-4-13(2)17(9-12)20-8-7-19-10-14-5-6-16(18)15(14)11-19;/h3-4,9,14-16H,5-8,10-11,18H2,1-2H3;1H. The van der Waals surface area contributed by atoms with Gasteiger partial charge in [0.25, 0.3) is 0 Å². The average molecular weight is 311 g/mol. The molecule has 1 aromatic rings. The summed E-state index contributed by atoms with van der Waals surface area (Å²) in [5, 5.41) is 0. The minimum absolute atomic E-state index is 0. The molecule has 118 valence electrons. The molecule has 4 heteroatoms. The normalized spacial score (nSPS) is 28.2. The molecule has 21 heavy (non-hydrogen) atoms. The van der Waals surface area contributed by atoms with Gasteiger partial charge in [0.05, 0.1) is 0 Å². The first-order valence-electron chi connectivity index (χ1n) is 7.81. The minimum atomic E-state index is 0. The predicted molar refractivity (Wildman–Crippen MR) is 89.3 cm³/mol. The fourth-order valence-corrected chi connectivity index (χ4v) is 3.73. The lowest BCUT2D eigenvalue weighted by molar-refractivity contribution is 0.225. The van der Waals surface area contributed by atoms with Crippen LogP contribution in [0.3, 0.4) is 0 Å². The van der Waals surface area contributed by atoms with E-state index in [0.717, 1.165) is 30.7 Å². The molecule has 3 unspecified atom stereocenters. The van der Waals surface area contributed by atoms with Gasteiger partial charge in [-0.3, -0.25) is 4.90 Å². The van der Waals surface area contributed by atoms with E-state index in [2.05, 4.69) is 36.9 Å². The Balaban J connectivity index is 0.00000161. The van der Waals surface area contributed by atoms with Crippen molar-refractivity contribution in [1.29, 1.82) is 0 Å². The van der Waals surface area contributed by atoms with E-state index in [9.17, 15) is 0 Å². The lowest BCUT2D eigenvalue weighted by Gasteiger charge is -2.19. The second-order valence-corrected chi connectivity index (χ2v) is 6.54. The first-order chi connectivity index (χ1) is 9.63. The number of hydrogen-bond donors (Lipinski definition) is 1. The molecule has 0 aromatic heterocycles. The Bertz CT molecular complexity index is 480. The summed E-state index contributed by atoms with van der Waals surface area (Å²) in [6, 6.07) is 6.82. The van der Waals surface area contributed by atoms with E-state index in [1.807, 2.05) is 0 Å². The molecule has 1 aromatic carbocycles. The topological polar surface area (TPSA) is 38.5 Å².